The molecule has 0 aliphatic rings. The van der Waals surface area contributed by atoms with E-state index < -0.39 is 17.9 Å². The Morgan fingerprint density at radius 1 is 1.03 bits per heavy atom. The van der Waals surface area contributed by atoms with E-state index in [0.29, 0.717) is 17.0 Å². The molecule has 30 heavy (non-hydrogen) atoms. The van der Waals surface area contributed by atoms with Gasteiger partial charge in [-0.25, -0.2) is 4.79 Å². The van der Waals surface area contributed by atoms with Crippen LogP contribution in [0.5, 0.6) is 5.75 Å². The molecule has 2 heterocycles. The lowest BCUT2D eigenvalue weighted by molar-refractivity contribution is -0.145. The third kappa shape index (κ3) is 5.41. The molecule has 0 saturated carbocycles. The molecule has 0 spiro atoms. The SMILES string of the molecule is CCOC(=O)[C@@H](Cc1ccc(O)cc1)NC(=O)c1ccnc(-c2cc(C)ccn2)c1. The first-order valence-corrected chi connectivity index (χ1v) is 9.60. The minimum absolute atomic E-state index is 0.129. The van der Waals surface area contributed by atoms with E-state index in [-0.39, 0.29) is 18.8 Å². The molecule has 154 valence electrons. The number of amides is 1. The van der Waals surface area contributed by atoms with Gasteiger partial charge in [0, 0.05) is 24.4 Å². The number of hydrogen-bond donors (Lipinski definition) is 2. The van der Waals surface area contributed by atoms with E-state index in [1.54, 1.807) is 37.4 Å². The van der Waals surface area contributed by atoms with Crippen molar-refractivity contribution in [1.82, 2.24) is 15.3 Å². The summed E-state index contributed by atoms with van der Waals surface area (Å²) in [6.07, 6.45) is 3.46. The van der Waals surface area contributed by atoms with Crippen LogP contribution in [0.15, 0.2) is 60.9 Å². The molecule has 2 N–H and O–H groups in total. The number of benzene rings is 1. The number of nitrogens with one attached hydrogen (secondary N) is 1. The molecule has 2 aromatic heterocycles. The summed E-state index contributed by atoms with van der Waals surface area (Å²) < 4.78 is 5.12. The van der Waals surface area contributed by atoms with Gasteiger partial charge in [0.2, 0.25) is 0 Å². The van der Waals surface area contributed by atoms with E-state index >= 15 is 0 Å². The number of pyridine rings is 2. The van der Waals surface area contributed by atoms with Gasteiger partial charge in [-0.15, -0.1) is 0 Å². The third-order valence-corrected chi connectivity index (χ3v) is 4.45. The molecule has 1 aromatic carbocycles. The highest BCUT2D eigenvalue weighted by molar-refractivity contribution is 5.97. The highest BCUT2D eigenvalue weighted by Crippen LogP contribution is 2.17. The maximum absolute atomic E-state index is 12.9. The highest BCUT2D eigenvalue weighted by atomic mass is 16.5. The maximum atomic E-state index is 12.9. The number of carbonyl (C=O) groups is 2. The van der Waals surface area contributed by atoms with Crippen LogP contribution in [0, 0.1) is 6.92 Å². The third-order valence-electron chi connectivity index (χ3n) is 4.45. The van der Waals surface area contributed by atoms with E-state index in [4.69, 9.17) is 4.74 Å². The molecular weight excluding hydrogens is 382 g/mol. The number of phenols is 1. The number of rotatable bonds is 7. The number of ether oxygens (including phenoxy) is 1. The molecule has 1 amide bonds. The Kier molecular flexibility index (Phi) is 6.75. The van der Waals surface area contributed by atoms with E-state index in [1.165, 1.54) is 18.3 Å². The second-order valence-corrected chi connectivity index (χ2v) is 6.80. The Morgan fingerprint density at radius 2 is 1.70 bits per heavy atom. The lowest BCUT2D eigenvalue weighted by Gasteiger charge is -2.18. The van der Waals surface area contributed by atoms with Crippen LogP contribution in [0.25, 0.3) is 11.4 Å². The van der Waals surface area contributed by atoms with Crippen molar-refractivity contribution < 1.29 is 19.4 Å². The van der Waals surface area contributed by atoms with Gasteiger partial charge in [-0.2, -0.15) is 0 Å². The van der Waals surface area contributed by atoms with Crippen LogP contribution in [0.4, 0.5) is 0 Å². The molecule has 7 nitrogen and oxygen atoms in total. The summed E-state index contributed by atoms with van der Waals surface area (Å²) in [6.45, 7) is 3.87. The monoisotopic (exact) mass is 405 g/mol. The fraction of sp³-hybridized carbons (Fsp3) is 0.217. The van der Waals surface area contributed by atoms with Crippen LogP contribution >= 0.6 is 0 Å². The average molecular weight is 405 g/mol. The maximum Gasteiger partial charge on any atom is 0.328 e. The van der Waals surface area contributed by atoms with Crippen molar-refractivity contribution in [2.75, 3.05) is 6.61 Å². The van der Waals surface area contributed by atoms with Gasteiger partial charge in [-0.1, -0.05) is 12.1 Å². The number of hydrogen-bond acceptors (Lipinski definition) is 6. The normalized spacial score (nSPS) is 11.5. The molecule has 0 aliphatic heterocycles. The summed E-state index contributed by atoms with van der Waals surface area (Å²) in [4.78, 5) is 33.8. The molecule has 0 fully saturated rings. The minimum Gasteiger partial charge on any atom is -0.508 e. The first-order valence-electron chi connectivity index (χ1n) is 9.60. The predicted molar refractivity (Wildman–Crippen MR) is 112 cm³/mol. The summed E-state index contributed by atoms with van der Waals surface area (Å²) >= 11 is 0. The fourth-order valence-electron chi connectivity index (χ4n) is 2.93. The molecule has 0 bridgehead atoms. The van der Waals surface area contributed by atoms with Gasteiger partial charge in [0.25, 0.3) is 5.91 Å². The van der Waals surface area contributed by atoms with Gasteiger partial charge in [0.05, 0.1) is 18.0 Å². The number of carbonyl (C=O) groups excluding carboxylic acids is 2. The second kappa shape index (κ2) is 9.65. The van der Waals surface area contributed by atoms with Crippen molar-refractivity contribution >= 4 is 11.9 Å². The Labute approximate surface area is 174 Å². The summed E-state index contributed by atoms with van der Waals surface area (Å²) in [6, 6.07) is 12.6. The van der Waals surface area contributed by atoms with Crippen LogP contribution in [0.3, 0.4) is 0 Å². The van der Waals surface area contributed by atoms with Crippen LogP contribution in [-0.2, 0) is 16.0 Å². The van der Waals surface area contributed by atoms with Gasteiger partial charge in [-0.05, 0) is 61.4 Å². The van der Waals surface area contributed by atoms with Gasteiger partial charge in [0.15, 0.2) is 0 Å². The van der Waals surface area contributed by atoms with Crippen molar-refractivity contribution in [1.29, 1.82) is 0 Å². The van der Waals surface area contributed by atoms with Crippen molar-refractivity contribution in [3.05, 3.63) is 77.6 Å². The fourth-order valence-corrected chi connectivity index (χ4v) is 2.93. The molecule has 0 aliphatic carbocycles. The molecule has 0 unspecified atom stereocenters. The number of esters is 1. The van der Waals surface area contributed by atoms with Crippen LogP contribution in [0.1, 0.15) is 28.4 Å². The highest BCUT2D eigenvalue weighted by Gasteiger charge is 2.23. The van der Waals surface area contributed by atoms with E-state index in [0.717, 1.165) is 11.1 Å². The van der Waals surface area contributed by atoms with Crippen molar-refractivity contribution in [3.63, 3.8) is 0 Å². The lowest BCUT2D eigenvalue weighted by Crippen LogP contribution is -2.43. The summed E-state index contributed by atoms with van der Waals surface area (Å²) in [7, 11) is 0. The number of nitrogens with zero attached hydrogens (tertiary/aromatic N) is 2. The Bertz CT molecular complexity index is 1030. The largest absolute Gasteiger partial charge is 0.508 e. The van der Waals surface area contributed by atoms with Crippen LogP contribution < -0.4 is 5.32 Å². The molecule has 1 atom stereocenters. The smallest absolute Gasteiger partial charge is 0.328 e. The zero-order valence-electron chi connectivity index (χ0n) is 16.8. The van der Waals surface area contributed by atoms with Crippen molar-refractivity contribution in [2.24, 2.45) is 0 Å². The Morgan fingerprint density at radius 3 is 2.37 bits per heavy atom. The summed E-state index contributed by atoms with van der Waals surface area (Å²) in [5, 5.41) is 12.2. The number of aryl methyl sites for hydroxylation is 1. The standard InChI is InChI=1S/C23H23N3O4/c1-3-30-23(29)21(13-16-4-6-18(27)7-5-16)26-22(28)17-9-11-25-20(14-17)19-12-15(2)8-10-24-19/h4-12,14,21,27H,3,13H2,1-2H3,(H,26,28)/t21-/m1/s1. The molecule has 7 heteroatoms. The van der Waals surface area contributed by atoms with Crippen molar-refractivity contribution in [3.8, 4) is 17.1 Å². The number of aromatic nitrogens is 2. The summed E-state index contributed by atoms with van der Waals surface area (Å²) in [5.74, 6) is -0.804. The number of aromatic hydroxyl groups is 1. The zero-order valence-corrected chi connectivity index (χ0v) is 16.8. The lowest BCUT2D eigenvalue weighted by atomic mass is 10.0. The number of phenolic OH excluding ortho intramolecular Hbond substituents is 1. The van der Waals surface area contributed by atoms with Gasteiger partial charge in [0.1, 0.15) is 11.8 Å². The predicted octanol–water partition coefficient (Wildman–Crippen LogP) is 3.06. The van der Waals surface area contributed by atoms with Gasteiger partial charge < -0.3 is 15.2 Å². The van der Waals surface area contributed by atoms with E-state index in [1.807, 2.05) is 19.1 Å². The summed E-state index contributed by atoms with van der Waals surface area (Å²) in [5.41, 5.74) is 3.41. The average Bonchev–Trinajstić information content (AvgIpc) is 2.75. The topological polar surface area (TPSA) is 101 Å². The van der Waals surface area contributed by atoms with Gasteiger partial charge >= 0.3 is 5.97 Å². The van der Waals surface area contributed by atoms with E-state index in [9.17, 15) is 14.7 Å². The quantitative estimate of drug-likeness (QED) is 0.586. The first kappa shape index (κ1) is 21.0. The molecule has 3 rings (SSSR count). The molecular formula is C23H23N3O4. The molecule has 0 saturated heterocycles. The Balaban J connectivity index is 1.80. The second-order valence-electron chi connectivity index (χ2n) is 6.80. The van der Waals surface area contributed by atoms with Crippen LogP contribution in [0.2, 0.25) is 0 Å². The van der Waals surface area contributed by atoms with Gasteiger partial charge in [-0.3, -0.25) is 14.8 Å². The zero-order chi connectivity index (χ0) is 21.5. The Hall–Kier alpha value is -3.74. The first-order chi connectivity index (χ1) is 14.5. The molecule has 3 aromatic rings. The van der Waals surface area contributed by atoms with E-state index in [2.05, 4.69) is 15.3 Å². The minimum atomic E-state index is -0.865. The van der Waals surface area contributed by atoms with Crippen molar-refractivity contribution in [2.45, 2.75) is 26.3 Å². The molecule has 0 radical (unpaired) electrons. The van der Waals surface area contributed by atoms with Crippen LogP contribution in [-0.4, -0.2) is 39.6 Å².